The molecular formula is C21H33N7O7. The first-order chi connectivity index (χ1) is 16.7. The van der Waals surface area contributed by atoms with E-state index < -0.39 is 35.1 Å². The third-order valence-corrected chi connectivity index (χ3v) is 4.70. The highest BCUT2D eigenvalue weighted by Gasteiger charge is 2.24. The third-order valence-electron chi connectivity index (χ3n) is 4.70. The van der Waals surface area contributed by atoms with Crippen molar-refractivity contribution in [2.24, 2.45) is 16.5 Å². The first kappa shape index (κ1) is 29.1. The molecule has 2 atom stereocenters. The number of rotatable bonds is 15. The van der Waals surface area contributed by atoms with Crippen molar-refractivity contribution in [1.29, 1.82) is 0 Å². The largest absolute Gasteiger partial charge is 0.467 e. The molecule has 1 aromatic carbocycles. The number of alkyl carbamates (subject to hydrolysis) is 1. The van der Waals surface area contributed by atoms with E-state index in [2.05, 4.69) is 15.6 Å². The molecule has 0 saturated carbocycles. The second-order valence-electron chi connectivity index (χ2n) is 7.45. The number of hydrazine groups is 1. The molecule has 1 rings (SSSR count). The molecule has 7 N–H and O–H groups in total. The predicted octanol–water partition coefficient (Wildman–Crippen LogP) is -0.0556. The second-order valence-corrected chi connectivity index (χ2v) is 7.45. The van der Waals surface area contributed by atoms with Crippen LogP contribution < -0.4 is 27.5 Å². The van der Waals surface area contributed by atoms with Crippen molar-refractivity contribution in [2.45, 2.75) is 50.8 Å². The molecule has 0 aliphatic carbocycles. The fourth-order valence-corrected chi connectivity index (χ4v) is 2.88. The van der Waals surface area contributed by atoms with Gasteiger partial charge in [-0.25, -0.2) is 24.7 Å². The van der Waals surface area contributed by atoms with Crippen LogP contribution in [0.1, 0.15) is 37.7 Å². The van der Waals surface area contributed by atoms with Crippen LogP contribution in [0.4, 0.5) is 4.79 Å². The maximum atomic E-state index is 12.4. The van der Waals surface area contributed by atoms with Crippen LogP contribution in [-0.2, 0) is 25.7 Å². The van der Waals surface area contributed by atoms with E-state index >= 15 is 0 Å². The van der Waals surface area contributed by atoms with Crippen LogP contribution in [0.3, 0.4) is 0 Å². The van der Waals surface area contributed by atoms with Crippen LogP contribution in [0, 0.1) is 10.1 Å². The minimum Gasteiger partial charge on any atom is -0.467 e. The Bertz CT molecular complexity index is 852. The van der Waals surface area contributed by atoms with Gasteiger partial charge in [0.05, 0.1) is 13.2 Å². The molecule has 0 fully saturated rings. The zero-order chi connectivity index (χ0) is 26.1. The average Bonchev–Trinajstić information content (AvgIpc) is 2.83. The summed E-state index contributed by atoms with van der Waals surface area (Å²) in [7, 11) is 1.19. The molecule has 0 saturated heterocycles. The average molecular weight is 496 g/mol. The number of unbranched alkanes of at least 4 members (excludes halogenated alkanes) is 1. The van der Waals surface area contributed by atoms with E-state index in [1.54, 1.807) is 5.43 Å². The molecule has 1 aromatic rings. The van der Waals surface area contributed by atoms with Gasteiger partial charge in [0, 0.05) is 13.1 Å². The summed E-state index contributed by atoms with van der Waals surface area (Å²) in [6, 6.07) is 7.49. The summed E-state index contributed by atoms with van der Waals surface area (Å²) in [5.41, 5.74) is 13.8. The van der Waals surface area contributed by atoms with E-state index in [-0.39, 0.29) is 25.5 Å². The van der Waals surface area contributed by atoms with Gasteiger partial charge in [0.2, 0.25) is 5.91 Å². The molecule has 0 spiro atoms. The molecule has 0 aliphatic heterocycles. The number of guanidine groups is 1. The Morgan fingerprint density at radius 3 is 2.51 bits per heavy atom. The number of amides is 2. The number of hydrogen-bond acceptors (Lipinski definition) is 9. The van der Waals surface area contributed by atoms with Crippen LogP contribution in [0.5, 0.6) is 0 Å². The van der Waals surface area contributed by atoms with Crippen LogP contribution in [-0.4, -0.2) is 61.2 Å². The topological polar surface area (TPSA) is 213 Å². The third kappa shape index (κ3) is 13.4. The number of esters is 1. The van der Waals surface area contributed by atoms with Gasteiger partial charge in [-0.2, -0.15) is 0 Å². The van der Waals surface area contributed by atoms with Crippen molar-refractivity contribution in [3.8, 4) is 0 Å². The first-order valence-corrected chi connectivity index (χ1v) is 11.0. The number of nitrogens with two attached hydrogens (primary N) is 2. The second kappa shape index (κ2) is 16.6. The highest BCUT2D eigenvalue weighted by Crippen LogP contribution is 2.04. The molecule has 0 radical (unpaired) electrons. The van der Waals surface area contributed by atoms with E-state index in [0.717, 1.165) is 5.56 Å². The molecule has 35 heavy (non-hydrogen) atoms. The van der Waals surface area contributed by atoms with Gasteiger partial charge in [0.25, 0.3) is 5.96 Å². The molecule has 14 nitrogen and oxygen atoms in total. The number of nitrogens with one attached hydrogen (secondary N) is 3. The number of carbonyl (C=O) groups is 3. The Balaban J connectivity index is 2.28. The normalized spacial score (nSPS) is 12.7. The highest BCUT2D eigenvalue weighted by molar-refractivity contribution is 5.87. The predicted molar refractivity (Wildman–Crippen MR) is 126 cm³/mol. The molecule has 2 amide bonds. The molecule has 14 heteroatoms. The van der Waals surface area contributed by atoms with Crippen LogP contribution in [0.15, 0.2) is 35.3 Å². The van der Waals surface area contributed by atoms with Gasteiger partial charge in [0.15, 0.2) is 5.03 Å². The Morgan fingerprint density at radius 2 is 1.86 bits per heavy atom. The van der Waals surface area contributed by atoms with Crippen LogP contribution in [0.2, 0.25) is 0 Å². The van der Waals surface area contributed by atoms with Gasteiger partial charge in [-0.1, -0.05) is 35.8 Å². The van der Waals surface area contributed by atoms with Crippen molar-refractivity contribution >= 4 is 23.9 Å². The zero-order valence-corrected chi connectivity index (χ0v) is 19.6. The van der Waals surface area contributed by atoms with Gasteiger partial charge < -0.3 is 31.6 Å². The quantitative estimate of drug-likeness (QED) is 0.0546. The minimum atomic E-state index is -0.945. The summed E-state index contributed by atoms with van der Waals surface area (Å²) in [6.45, 7) is 0.638. The smallest absolute Gasteiger partial charge is 0.407 e. The van der Waals surface area contributed by atoms with Crippen molar-refractivity contribution < 1.29 is 28.9 Å². The monoisotopic (exact) mass is 495 g/mol. The number of nitro groups is 1. The summed E-state index contributed by atoms with van der Waals surface area (Å²) in [5.74, 6) is -1.53. The zero-order valence-electron chi connectivity index (χ0n) is 19.6. The lowest BCUT2D eigenvalue weighted by atomic mass is 10.1. The maximum Gasteiger partial charge on any atom is 0.407 e. The van der Waals surface area contributed by atoms with E-state index in [0.29, 0.717) is 32.2 Å². The number of ether oxygens (including phenoxy) is 2. The molecule has 0 aliphatic rings. The summed E-state index contributed by atoms with van der Waals surface area (Å²) in [5, 5.41) is 14.6. The van der Waals surface area contributed by atoms with E-state index in [4.69, 9.17) is 20.9 Å². The Hall–Kier alpha value is -3.94. The van der Waals surface area contributed by atoms with Gasteiger partial charge in [-0.05, 0) is 37.7 Å². The minimum absolute atomic E-state index is 0.100. The summed E-state index contributed by atoms with van der Waals surface area (Å²) in [4.78, 5) is 50.0. The van der Waals surface area contributed by atoms with Crippen LogP contribution >= 0.6 is 0 Å². The van der Waals surface area contributed by atoms with Crippen molar-refractivity contribution in [2.75, 3.05) is 20.2 Å². The van der Waals surface area contributed by atoms with E-state index in [1.807, 2.05) is 30.3 Å². The molecular weight excluding hydrogens is 462 g/mol. The molecule has 194 valence electrons. The number of benzene rings is 1. The van der Waals surface area contributed by atoms with Gasteiger partial charge in [0.1, 0.15) is 12.6 Å². The van der Waals surface area contributed by atoms with Crippen LogP contribution in [0.25, 0.3) is 0 Å². The number of hydrogen-bond donors (Lipinski definition) is 5. The number of methoxy groups -OCH3 is 1. The van der Waals surface area contributed by atoms with E-state index in [1.165, 1.54) is 7.11 Å². The molecule has 0 unspecified atom stereocenters. The standard InChI is InChI=1S/C21H33N7O7/c1-34-19(30)17(11-7-13-24-20(23)27-28(32)33)26-18(29)16(22)10-5-6-12-25-21(31)35-14-15-8-3-2-4-9-15/h2-4,8-9,16-17H,5-7,10-14,22H2,1H3,(H,25,31)(H,26,29)(H3,23,24,27)/t16-,17-/m0/s1. The van der Waals surface area contributed by atoms with Crippen molar-refractivity contribution in [1.82, 2.24) is 16.1 Å². The number of carbonyl (C=O) groups excluding carboxylic acids is 3. The highest BCUT2D eigenvalue weighted by atomic mass is 16.7. The summed E-state index contributed by atoms with van der Waals surface area (Å²) in [6.07, 6.45) is 1.44. The fourth-order valence-electron chi connectivity index (χ4n) is 2.88. The Labute approximate surface area is 202 Å². The molecule has 0 aromatic heterocycles. The lowest BCUT2D eigenvalue weighted by Gasteiger charge is -2.19. The molecule has 0 bridgehead atoms. The van der Waals surface area contributed by atoms with Gasteiger partial charge in [-0.3, -0.25) is 4.79 Å². The van der Waals surface area contributed by atoms with Crippen molar-refractivity contribution in [3.63, 3.8) is 0 Å². The Morgan fingerprint density at radius 1 is 1.14 bits per heavy atom. The van der Waals surface area contributed by atoms with Gasteiger partial charge >= 0.3 is 12.1 Å². The number of aliphatic imine (C=N–C) groups is 1. The SMILES string of the molecule is COC(=O)[C@H](CCCN=C(N)N[N+](=O)[O-])NC(=O)[C@@H](N)CCCCNC(=O)OCc1ccccc1. The first-order valence-electron chi connectivity index (χ1n) is 11.0. The summed E-state index contributed by atoms with van der Waals surface area (Å²) >= 11 is 0. The number of nitrogens with zero attached hydrogens (tertiary/aromatic N) is 2. The van der Waals surface area contributed by atoms with Crippen molar-refractivity contribution in [3.05, 3.63) is 46.0 Å². The molecule has 0 heterocycles. The summed E-state index contributed by atoms with van der Waals surface area (Å²) < 4.78 is 9.81. The maximum absolute atomic E-state index is 12.4. The fraction of sp³-hybridized carbons (Fsp3) is 0.524. The Kier molecular flexibility index (Phi) is 13.8. The lowest BCUT2D eigenvalue weighted by molar-refractivity contribution is -0.525. The lowest BCUT2D eigenvalue weighted by Crippen LogP contribution is -2.48. The van der Waals surface area contributed by atoms with E-state index in [9.17, 15) is 24.5 Å². The van der Waals surface area contributed by atoms with Gasteiger partial charge in [-0.15, -0.1) is 0 Å².